The number of nitrogens with zero attached hydrogens (tertiary/aromatic N) is 3. The van der Waals surface area contributed by atoms with E-state index in [1.165, 1.54) is 38.8 Å². The Morgan fingerprint density at radius 3 is 3.06 bits per heavy atom. The van der Waals surface area contributed by atoms with Gasteiger partial charge >= 0.3 is 0 Å². The highest BCUT2D eigenvalue weighted by Gasteiger charge is 2.31. The summed E-state index contributed by atoms with van der Waals surface area (Å²) in [5.74, 6) is 0.978. The third-order valence-electron chi connectivity index (χ3n) is 4.24. The first-order chi connectivity index (χ1) is 8.72. The van der Waals surface area contributed by atoms with Gasteiger partial charge in [-0.15, -0.1) is 0 Å². The highest BCUT2D eigenvalue weighted by atomic mass is 15.2. The van der Waals surface area contributed by atoms with Crippen LogP contribution >= 0.6 is 0 Å². The monoisotopic (exact) mass is 246 g/mol. The Bertz CT molecular complexity index is 432. The van der Waals surface area contributed by atoms with Crippen molar-refractivity contribution in [1.29, 1.82) is 0 Å². The second-order valence-electron chi connectivity index (χ2n) is 5.64. The van der Waals surface area contributed by atoms with E-state index < -0.39 is 0 Å². The predicted molar refractivity (Wildman–Crippen MR) is 72.7 cm³/mol. The Morgan fingerprint density at radius 1 is 1.28 bits per heavy atom. The molecule has 0 aliphatic carbocycles. The van der Waals surface area contributed by atoms with E-state index >= 15 is 0 Å². The first-order valence-corrected chi connectivity index (χ1v) is 7.03. The highest BCUT2D eigenvalue weighted by Crippen LogP contribution is 2.28. The topological polar surface area (TPSA) is 41.1 Å². The fourth-order valence-electron chi connectivity index (χ4n) is 3.22. The van der Waals surface area contributed by atoms with Crippen molar-refractivity contribution < 1.29 is 0 Å². The van der Waals surface area contributed by atoms with Gasteiger partial charge in [0.1, 0.15) is 5.82 Å². The zero-order valence-electron chi connectivity index (χ0n) is 11.3. The summed E-state index contributed by atoms with van der Waals surface area (Å²) < 4.78 is 0. The molecule has 2 atom stereocenters. The first-order valence-electron chi connectivity index (χ1n) is 7.03. The number of aromatic nitrogens is 2. The van der Waals surface area contributed by atoms with Gasteiger partial charge in [0.25, 0.3) is 0 Å². The molecular weight excluding hydrogens is 224 g/mol. The van der Waals surface area contributed by atoms with Crippen LogP contribution in [0.4, 0.5) is 5.82 Å². The molecule has 18 heavy (non-hydrogen) atoms. The Labute approximate surface area is 109 Å². The maximum Gasteiger partial charge on any atom is 0.147 e. The molecule has 2 unspecified atom stereocenters. The van der Waals surface area contributed by atoms with E-state index in [1.54, 1.807) is 0 Å². The maximum atomic E-state index is 4.57. The SMILES string of the molecule is Cc1cnc(C)c(NC2CCN3CCCC3C2)n1. The fraction of sp³-hybridized carbons (Fsp3) is 0.714. The van der Waals surface area contributed by atoms with Gasteiger partial charge in [-0.3, -0.25) is 4.98 Å². The molecule has 98 valence electrons. The van der Waals surface area contributed by atoms with Crippen LogP contribution in [0.15, 0.2) is 6.20 Å². The van der Waals surface area contributed by atoms with Crippen molar-refractivity contribution in [3.63, 3.8) is 0 Å². The average Bonchev–Trinajstić information content (AvgIpc) is 2.81. The van der Waals surface area contributed by atoms with Gasteiger partial charge in [0.15, 0.2) is 0 Å². The molecule has 0 radical (unpaired) electrons. The van der Waals surface area contributed by atoms with Crippen molar-refractivity contribution in [3.8, 4) is 0 Å². The van der Waals surface area contributed by atoms with Gasteiger partial charge in [-0.25, -0.2) is 4.98 Å². The zero-order valence-corrected chi connectivity index (χ0v) is 11.3. The minimum Gasteiger partial charge on any atom is -0.366 e. The zero-order chi connectivity index (χ0) is 12.5. The van der Waals surface area contributed by atoms with Crippen LogP contribution in [0.25, 0.3) is 0 Å². The summed E-state index contributed by atoms with van der Waals surface area (Å²) in [5.41, 5.74) is 2.00. The summed E-state index contributed by atoms with van der Waals surface area (Å²) in [6, 6.07) is 1.37. The lowest BCUT2D eigenvalue weighted by atomic mass is 9.97. The summed E-state index contributed by atoms with van der Waals surface area (Å²) in [4.78, 5) is 11.6. The van der Waals surface area contributed by atoms with Crippen molar-refractivity contribution in [2.45, 2.75) is 51.6 Å². The fourth-order valence-corrected chi connectivity index (χ4v) is 3.22. The van der Waals surface area contributed by atoms with Crippen LogP contribution in [0.2, 0.25) is 0 Å². The number of hydrogen-bond donors (Lipinski definition) is 1. The minimum absolute atomic E-state index is 0.569. The number of hydrogen-bond acceptors (Lipinski definition) is 4. The van der Waals surface area contributed by atoms with Crippen LogP contribution in [0.1, 0.15) is 37.1 Å². The van der Waals surface area contributed by atoms with E-state index in [0.717, 1.165) is 23.2 Å². The molecule has 1 aromatic heterocycles. The summed E-state index contributed by atoms with van der Waals surface area (Å²) in [7, 11) is 0. The van der Waals surface area contributed by atoms with Crippen LogP contribution in [0, 0.1) is 13.8 Å². The third kappa shape index (κ3) is 2.34. The van der Waals surface area contributed by atoms with Crippen LogP contribution in [-0.2, 0) is 0 Å². The maximum absolute atomic E-state index is 4.57. The van der Waals surface area contributed by atoms with Crippen LogP contribution in [-0.4, -0.2) is 40.0 Å². The van der Waals surface area contributed by atoms with Gasteiger partial charge in [0.2, 0.25) is 0 Å². The van der Waals surface area contributed by atoms with Gasteiger partial charge in [0.05, 0.1) is 11.4 Å². The molecule has 3 heterocycles. The van der Waals surface area contributed by atoms with Gasteiger partial charge in [0, 0.05) is 24.8 Å². The summed E-state index contributed by atoms with van der Waals surface area (Å²) in [6.07, 6.45) is 7.07. The molecule has 2 fully saturated rings. The number of fused-ring (bicyclic) bond motifs is 1. The lowest BCUT2D eigenvalue weighted by Crippen LogP contribution is -2.43. The number of rotatable bonds is 2. The summed E-state index contributed by atoms with van der Waals surface area (Å²) >= 11 is 0. The van der Waals surface area contributed by atoms with Gasteiger partial charge < -0.3 is 10.2 Å². The first kappa shape index (κ1) is 11.9. The second kappa shape index (κ2) is 4.84. The quantitative estimate of drug-likeness (QED) is 0.868. The van der Waals surface area contributed by atoms with Crippen molar-refractivity contribution in [3.05, 3.63) is 17.6 Å². The molecule has 4 heteroatoms. The lowest BCUT2D eigenvalue weighted by molar-refractivity contribution is 0.188. The van der Waals surface area contributed by atoms with E-state index in [4.69, 9.17) is 0 Å². The number of piperidine rings is 1. The van der Waals surface area contributed by atoms with E-state index in [-0.39, 0.29) is 0 Å². The molecule has 0 amide bonds. The van der Waals surface area contributed by atoms with Crippen molar-refractivity contribution in [2.75, 3.05) is 18.4 Å². The Hall–Kier alpha value is -1.16. The standard InChI is InChI=1S/C14H22N4/c1-10-9-15-11(2)14(16-10)17-12-5-7-18-6-3-4-13(18)8-12/h9,12-13H,3-8H2,1-2H3,(H,16,17). The second-order valence-corrected chi connectivity index (χ2v) is 5.64. The van der Waals surface area contributed by atoms with E-state index in [9.17, 15) is 0 Å². The Morgan fingerprint density at radius 2 is 2.17 bits per heavy atom. The number of nitrogens with one attached hydrogen (secondary N) is 1. The van der Waals surface area contributed by atoms with Gasteiger partial charge in [-0.2, -0.15) is 0 Å². The van der Waals surface area contributed by atoms with E-state index in [0.29, 0.717) is 6.04 Å². The number of anilines is 1. The smallest absolute Gasteiger partial charge is 0.147 e. The summed E-state index contributed by atoms with van der Waals surface area (Å²) in [5, 5.41) is 3.60. The largest absolute Gasteiger partial charge is 0.366 e. The predicted octanol–water partition coefficient (Wildman–Crippen LogP) is 2.13. The lowest BCUT2D eigenvalue weighted by Gasteiger charge is -2.35. The molecule has 1 aromatic rings. The van der Waals surface area contributed by atoms with E-state index in [1.807, 2.05) is 20.0 Å². The molecule has 2 aliphatic heterocycles. The number of aryl methyl sites for hydroxylation is 2. The molecule has 0 bridgehead atoms. The van der Waals surface area contributed by atoms with Crippen LogP contribution in [0.5, 0.6) is 0 Å². The van der Waals surface area contributed by atoms with Gasteiger partial charge in [-0.05, 0) is 46.1 Å². The normalized spacial score (nSPS) is 28.1. The Balaban J connectivity index is 1.67. The van der Waals surface area contributed by atoms with Gasteiger partial charge in [-0.1, -0.05) is 0 Å². The molecule has 0 spiro atoms. The highest BCUT2D eigenvalue weighted by molar-refractivity contribution is 5.40. The van der Waals surface area contributed by atoms with Crippen molar-refractivity contribution >= 4 is 5.82 Å². The van der Waals surface area contributed by atoms with Crippen LogP contribution in [0.3, 0.4) is 0 Å². The van der Waals surface area contributed by atoms with Crippen molar-refractivity contribution in [1.82, 2.24) is 14.9 Å². The molecule has 1 N–H and O–H groups in total. The molecule has 3 rings (SSSR count). The van der Waals surface area contributed by atoms with E-state index in [2.05, 4.69) is 20.2 Å². The molecule has 2 saturated heterocycles. The van der Waals surface area contributed by atoms with Crippen molar-refractivity contribution in [2.24, 2.45) is 0 Å². The minimum atomic E-state index is 0.569. The molecular formula is C14H22N4. The Kier molecular flexibility index (Phi) is 3.20. The molecule has 4 nitrogen and oxygen atoms in total. The molecule has 0 saturated carbocycles. The molecule has 0 aromatic carbocycles. The third-order valence-corrected chi connectivity index (χ3v) is 4.24. The summed E-state index contributed by atoms with van der Waals surface area (Å²) in [6.45, 7) is 6.57. The molecule has 2 aliphatic rings. The van der Waals surface area contributed by atoms with Crippen LogP contribution < -0.4 is 5.32 Å². The average molecular weight is 246 g/mol.